The van der Waals surface area contributed by atoms with Crippen molar-refractivity contribution in [1.82, 2.24) is 9.88 Å². The van der Waals surface area contributed by atoms with Crippen molar-refractivity contribution in [1.29, 1.82) is 0 Å². The minimum absolute atomic E-state index is 0.235. The minimum atomic E-state index is -0.235. The molecule has 4 aromatic rings. The van der Waals surface area contributed by atoms with Crippen molar-refractivity contribution in [2.24, 2.45) is 0 Å². The number of hydrogen-bond acceptors (Lipinski definition) is 6. The molecule has 1 fully saturated rings. The Hall–Kier alpha value is -3.68. The summed E-state index contributed by atoms with van der Waals surface area (Å²) in [6.07, 6.45) is 2.35. The largest absolute Gasteiger partial charge is 0.384 e. The maximum Gasteiger partial charge on any atom is 0.261 e. The van der Waals surface area contributed by atoms with Gasteiger partial charge in [0, 0.05) is 76.1 Å². The van der Waals surface area contributed by atoms with Gasteiger partial charge in [-0.25, -0.2) is 0 Å². The molecule has 2 amide bonds. The smallest absolute Gasteiger partial charge is 0.261 e. The van der Waals surface area contributed by atoms with Gasteiger partial charge in [-0.05, 0) is 48.9 Å². The lowest BCUT2D eigenvalue weighted by molar-refractivity contribution is 0.0610. The third-order valence-electron chi connectivity index (χ3n) is 6.90. The van der Waals surface area contributed by atoms with E-state index in [0.717, 1.165) is 46.1 Å². The molecule has 1 aromatic heterocycles. The Balaban J connectivity index is 1.20. The molecule has 0 spiro atoms. The highest BCUT2D eigenvalue weighted by Gasteiger charge is 2.33. The number of benzene rings is 3. The Morgan fingerprint density at radius 2 is 1.75 bits per heavy atom. The van der Waals surface area contributed by atoms with E-state index in [1.54, 1.807) is 6.20 Å². The predicted octanol–water partition coefficient (Wildman–Crippen LogP) is 4.98. The molecule has 8 heteroatoms. The van der Waals surface area contributed by atoms with E-state index in [1.165, 1.54) is 4.90 Å². The summed E-state index contributed by atoms with van der Waals surface area (Å²) in [5.41, 5.74) is 3.97. The number of carbonyl (C=O) groups is 2. The lowest BCUT2D eigenvalue weighted by Gasteiger charge is -2.32. The van der Waals surface area contributed by atoms with Crippen LogP contribution in [0.3, 0.4) is 0 Å². The van der Waals surface area contributed by atoms with Gasteiger partial charge in [-0.2, -0.15) is 0 Å². The molecule has 2 aliphatic rings. The number of ether oxygens (including phenoxy) is 1. The SMILES string of the molecule is O=C1c2cccc3c(N4CCOCC4)ccc(c23)C(=O)N1CCCNc1ccnc2cc(Cl)ccc12. The molecule has 1 N–H and O–H groups in total. The number of pyridine rings is 1. The van der Waals surface area contributed by atoms with Crippen LogP contribution in [0.4, 0.5) is 11.4 Å². The number of nitrogens with zero attached hydrogens (tertiary/aromatic N) is 3. The van der Waals surface area contributed by atoms with Crippen molar-refractivity contribution in [2.45, 2.75) is 6.42 Å². The van der Waals surface area contributed by atoms with E-state index in [4.69, 9.17) is 16.3 Å². The fourth-order valence-electron chi connectivity index (χ4n) is 5.15. The zero-order chi connectivity index (χ0) is 24.6. The van der Waals surface area contributed by atoms with Crippen molar-refractivity contribution in [3.05, 3.63) is 76.9 Å². The number of morpholine rings is 1. The molecule has 0 aliphatic carbocycles. The van der Waals surface area contributed by atoms with Crippen LogP contribution in [0.2, 0.25) is 5.02 Å². The van der Waals surface area contributed by atoms with Gasteiger partial charge >= 0.3 is 0 Å². The molecule has 0 radical (unpaired) electrons. The number of anilines is 2. The van der Waals surface area contributed by atoms with Gasteiger partial charge in [-0.3, -0.25) is 19.5 Å². The molecular formula is C28H25ClN4O3. The predicted molar refractivity (Wildman–Crippen MR) is 142 cm³/mol. The lowest BCUT2D eigenvalue weighted by atomic mass is 9.92. The van der Waals surface area contributed by atoms with Crippen LogP contribution in [0.1, 0.15) is 27.1 Å². The number of halogens is 1. The number of hydrogen-bond donors (Lipinski definition) is 1. The van der Waals surface area contributed by atoms with Gasteiger partial charge < -0.3 is 15.0 Å². The molecule has 6 rings (SSSR count). The molecule has 0 atom stereocenters. The third kappa shape index (κ3) is 3.94. The Morgan fingerprint density at radius 1 is 0.944 bits per heavy atom. The van der Waals surface area contributed by atoms with Gasteiger partial charge in [0.05, 0.1) is 18.7 Å². The Bertz CT molecular complexity index is 1480. The van der Waals surface area contributed by atoms with E-state index in [0.29, 0.717) is 48.9 Å². The molecule has 0 saturated carbocycles. The number of aromatic nitrogens is 1. The second-order valence-corrected chi connectivity index (χ2v) is 9.46. The maximum atomic E-state index is 13.4. The van der Waals surface area contributed by atoms with Crippen LogP contribution in [0.25, 0.3) is 21.7 Å². The van der Waals surface area contributed by atoms with Crippen LogP contribution in [0, 0.1) is 0 Å². The van der Waals surface area contributed by atoms with Crippen LogP contribution >= 0.6 is 11.6 Å². The molecule has 2 aliphatic heterocycles. The monoisotopic (exact) mass is 500 g/mol. The molecule has 36 heavy (non-hydrogen) atoms. The zero-order valence-corrected chi connectivity index (χ0v) is 20.4. The summed E-state index contributed by atoms with van der Waals surface area (Å²) >= 11 is 6.09. The molecule has 3 aromatic carbocycles. The zero-order valence-electron chi connectivity index (χ0n) is 19.7. The van der Waals surface area contributed by atoms with Crippen molar-refractivity contribution < 1.29 is 14.3 Å². The summed E-state index contributed by atoms with van der Waals surface area (Å²) in [5.74, 6) is -0.470. The van der Waals surface area contributed by atoms with Gasteiger partial charge in [-0.1, -0.05) is 23.7 Å². The number of nitrogens with one attached hydrogen (secondary N) is 1. The maximum absolute atomic E-state index is 13.4. The normalized spacial score (nSPS) is 15.7. The fourth-order valence-corrected chi connectivity index (χ4v) is 5.32. The highest BCUT2D eigenvalue weighted by molar-refractivity contribution is 6.31. The Kier molecular flexibility index (Phi) is 5.95. The van der Waals surface area contributed by atoms with E-state index in [9.17, 15) is 9.59 Å². The first-order valence-electron chi connectivity index (χ1n) is 12.1. The van der Waals surface area contributed by atoms with Crippen molar-refractivity contribution in [3.8, 4) is 0 Å². The number of rotatable bonds is 6. The van der Waals surface area contributed by atoms with Crippen molar-refractivity contribution in [3.63, 3.8) is 0 Å². The average molecular weight is 501 g/mol. The van der Waals surface area contributed by atoms with E-state index < -0.39 is 0 Å². The van der Waals surface area contributed by atoms with Crippen molar-refractivity contribution in [2.75, 3.05) is 49.6 Å². The second-order valence-electron chi connectivity index (χ2n) is 9.02. The molecule has 0 bridgehead atoms. The summed E-state index contributed by atoms with van der Waals surface area (Å²) in [5, 5.41) is 6.73. The quantitative estimate of drug-likeness (QED) is 0.297. The first-order chi connectivity index (χ1) is 17.6. The molecule has 3 heterocycles. The molecule has 0 unspecified atom stereocenters. The third-order valence-corrected chi connectivity index (χ3v) is 7.13. The number of fused-ring (bicyclic) bond motifs is 1. The van der Waals surface area contributed by atoms with Crippen LogP contribution < -0.4 is 10.2 Å². The van der Waals surface area contributed by atoms with Gasteiger partial charge in [-0.15, -0.1) is 0 Å². The van der Waals surface area contributed by atoms with Crippen LogP contribution in [-0.4, -0.2) is 61.1 Å². The van der Waals surface area contributed by atoms with Crippen LogP contribution in [0.15, 0.2) is 60.8 Å². The highest BCUT2D eigenvalue weighted by Crippen LogP contribution is 2.36. The van der Waals surface area contributed by atoms with Crippen LogP contribution in [0.5, 0.6) is 0 Å². The van der Waals surface area contributed by atoms with E-state index in [1.807, 2.05) is 54.6 Å². The Morgan fingerprint density at radius 3 is 2.58 bits per heavy atom. The number of carbonyl (C=O) groups excluding carboxylic acids is 2. The van der Waals surface area contributed by atoms with Crippen LogP contribution in [-0.2, 0) is 4.74 Å². The van der Waals surface area contributed by atoms with E-state index >= 15 is 0 Å². The molecule has 7 nitrogen and oxygen atoms in total. The minimum Gasteiger partial charge on any atom is -0.384 e. The standard InChI is InChI=1S/C28H25ClN4O3/c29-18-5-6-19-23(9-11-31-24(19)17-18)30-10-2-12-33-27(34)21-4-1-3-20-25(32-13-15-36-16-14-32)8-7-22(26(20)21)28(33)35/h1,3-9,11,17H,2,10,12-16H2,(H,30,31). The second kappa shape index (κ2) is 9.41. The first-order valence-corrected chi connectivity index (χ1v) is 12.5. The van der Waals surface area contributed by atoms with Crippen molar-refractivity contribution >= 4 is 56.5 Å². The molecular weight excluding hydrogens is 476 g/mol. The van der Waals surface area contributed by atoms with Gasteiger partial charge in [0.2, 0.25) is 0 Å². The summed E-state index contributed by atoms with van der Waals surface area (Å²) < 4.78 is 5.49. The molecule has 182 valence electrons. The number of imide groups is 1. The lowest BCUT2D eigenvalue weighted by Crippen LogP contribution is -2.41. The van der Waals surface area contributed by atoms with Gasteiger partial charge in [0.1, 0.15) is 0 Å². The molecule has 1 saturated heterocycles. The summed E-state index contributed by atoms with van der Waals surface area (Å²) in [6.45, 7) is 3.86. The van der Waals surface area contributed by atoms with E-state index in [-0.39, 0.29) is 11.8 Å². The van der Waals surface area contributed by atoms with Gasteiger partial charge in [0.25, 0.3) is 11.8 Å². The Labute approximate surface area is 213 Å². The average Bonchev–Trinajstić information content (AvgIpc) is 2.91. The van der Waals surface area contributed by atoms with Gasteiger partial charge in [0.15, 0.2) is 0 Å². The first kappa shape index (κ1) is 22.8. The fraction of sp³-hybridized carbons (Fsp3) is 0.250. The highest BCUT2D eigenvalue weighted by atomic mass is 35.5. The summed E-state index contributed by atoms with van der Waals surface area (Å²) in [4.78, 5) is 34.8. The number of amides is 2. The summed E-state index contributed by atoms with van der Waals surface area (Å²) in [7, 11) is 0. The summed E-state index contributed by atoms with van der Waals surface area (Å²) in [6, 6.07) is 17.1. The topological polar surface area (TPSA) is 74.8 Å². The van der Waals surface area contributed by atoms with E-state index in [2.05, 4.69) is 15.2 Å².